The molecule has 2 rings (SSSR count). The molecule has 0 unspecified atom stereocenters. The van der Waals surface area contributed by atoms with E-state index in [9.17, 15) is 9.18 Å². The molecule has 5 nitrogen and oxygen atoms in total. The van der Waals surface area contributed by atoms with E-state index in [2.05, 4.69) is 10.3 Å². The summed E-state index contributed by atoms with van der Waals surface area (Å²) in [5.74, 6) is 0.337. The van der Waals surface area contributed by atoms with Crippen LogP contribution in [0, 0.1) is 5.82 Å². The number of benzene rings is 1. The van der Waals surface area contributed by atoms with E-state index in [0.29, 0.717) is 16.7 Å². The number of pyridine rings is 1. The number of carbonyl (C=O) groups is 1. The second kappa shape index (κ2) is 5.51. The number of hydrogen-bond acceptors (Lipinski definition) is 4. The molecule has 0 bridgehead atoms. The Hall–Kier alpha value is -2.37. The van der Waals surface area contributed by atoms with Gasteiger partial charge in [-0.25, -0.2) is 14.2 Å². The highest BCUT2D eigenvalue weighted by Crippen LogP contribution is 2.27. The number of hydrogen-bond donors (Lipinski definition) is 1. The van der Waals surface area contributed by atoms with Gasteiger partial charge in [-0.05, 0) is 25.1 Å². The summed E-state index contributed by atoms with van der Waals surface area (Å²) in [7, 11) is 1.47. The zero-order chi connectivity index (χ0) is 13.8. The molecule has 1 aromatic carbocycles. The maximum absolute atomic E-state index is 13.2. The topological polar surface area (TPSA) is 60.5 Å². The third-order valence-electron chi connectivity index (χ3n) is 2.46. The summed E-state index contributed by atoms with van der Waals surface area (Å²) in [6.45, 7) is 1.97. The minimum absolute atomic E-state index is 0.266. The number of ether oxygens (including phenoxy) is 2. The normalized spacial score (nSPS) is 10.3. The lowest BCUT2D eigenvalue weighted by Gasteiger charge is -2.09. The number of halogens is 1. The first kappa shape index (κ1) is 13.1. The van der Waals surface area contributed by atoms with E-state index in [4.69, 9.17) is 9.47 Å². The Labute approximate surface area is 109 Å². The Bertz CT molecular complexity index is 616. The molecule has 0 aliphatic heterocycles. The highest BCUT2D eigenvalue weighted by molar-refractivity contribution is 5.90. The number of nitrogens with zero attached hydrogens (tertiary/aromatic N) is 1. The van der Waals surface area contributed by atoms with E-state index in [1.165, 1.54) is 31.4 Å². The summed E-state index contributed by atoms with van der Waals surface area (Å²) in [6, 6.07) is 5.65. The van der Waals surface area contributed by atoms with Crippen molar-refractivity contribution in [3.63, 3.8) is 0 Å². The Morgan fingerprint density at radius 1 is 1.42 bits per heavy atom. The fraction of sp³-hybridized carbons (Fsp3) is 0.231. The molecular formula is C13H13FN2O3. The van der Waals surface area contributed by atoms with Crippen LogP contribution >= 0.6 is 0 Å². The summed E-state index contributed by atoms with van der Waals surface area (Å²) in [4.78, 5) is 15.5. The predicted molar refractivity (Wildman–Crippen MR) is 68.9 cm³/mol. The number of aromatic nitrogens is 1. The van der Waals surface area contributed by atoms with Crippen LogP contribution in [-0.4, -0.2) is 24.8 Å². The number of nitrogens with one attached hydrogen (secondary N) is 1. The zero-order valence-electron chi connectivity index (χ0n) is 10.6. The molecule has 1 amide bonds. The van der Waals surface area contributed by atoms with Gasteiger partial charge in [-0.2, -0.15) is 0 Å². The first-order chi connectivity index (χ1) is 9.13. The highest BCUT2D eigenvalue weighted by atomic mass is 19.1. The minimum atomic E-state index is -0.599. The van der Waals surface area contributed by atoms with Gasteiger partial charge in [0.1, 0.15) is 17.4 Å². The number of methoxy groups -OCH3 is 1. The molecule has 1 heterocycles. The molecule has 0 saturated heterocycles. The van der Waals surface area contributed by atoms with Crippen LogP contribution < -0.4 is 10.1 Å². The number of anilines is 1. The van der Waals surface area contributed by atoms with E-state index in [-0.39, 0.29) is 18.2 Å². The molecule has 1 N–H and O–H groups in total. The largest absolute Gasteiger partial charge is 0.496 e. The van der Waals surface area contributed by atoms with Gasteiger partial charge < -0.3 is 9.47 Å². The van der Waals surface area contributed by atoms with Gasteiger partial charge in [0.2, 0.25) is 0 Å². The lowest BCUT2D eigenvalue weighted by Crippen LogP contribution is -2.14. The number of fused-ring (bicyclic) bond motifs is 1. The van der Waals surface area contributed by atoms with Crippen molar-refractivity contribution in [2.24, 2.45) is 0 Å². The van der Waals surface area contributed by atoms with Crippen molar-refractivity contribution in [1.82, 2.24) is 4.98 Å². The lowest BCUT2D eigenvalue weighted by atomic mass is 10.2. The molecular weight excluding hydrogens is 251 g/mol. The van der Waals surface area contributed by atoms with Gasteiger partial charge in [0, 0.05) is 11.5 Å². The van der Waals surface area contributed by atoms with Gasteiger partial charge in [0.05, 0.1) is 19.2 Å². The Kier molecular flexibility index (Phi) is 3.79. The van der Waals surface area contributed by atoms with Crippen molar-refractivity contribution < 1.29 is 18.7 Å². The van der Waals surface area contributed by atoms with E-state index < -0.39 is 6.09 Å². The average Bonchev–Trinajstić information content (AvgIpc) is 2.38. The molecule has 6 heteroatoms. The maximum atomic E-state index is 13.2. The summed E-state index contributed by atoms with van der Waals surface area (Å²) in [5.41, 5.74) is 0.521. The van der Waals surface area contributed by atoms with E-state index in [0.717, 1.165) is 0 Å². The molecule has 0 aliphatic carbocycles. The summed E-state index contributed by atoms with van der Waals surface area (Å²) in [5, 5.41) is 3.02. The first-order valence-corrected chi connectivity index (χ1v) is 5.72. The number of rotatable bonds is 3. The molecule has 0 saturated carbocycles. The van der Waals surface area contributed by atoms with Gasteiger partial charge in [0.15, 0.2) is 0 Å². The Morgan fingerprint density at radius 3 is 2.89 bits per heavy atom. The van der Waals surface area contributed by atoms with E-state index in [1.54, 1.807) is 6.92 Å². The first-order valence-electron chi connectivity index (χ1n) is 5.72. The standard InChI is InChI=1S/C13H13FN2O3/c1-3-19-13(17)16-12-7-11(18-2)9-6-8(14)4-5-10(9)15-12/h4-7H,3H2,1-2H3,(H,15,16,17). The van der Waals surface area contributed by atoms with Crippen molar-refractivity contribution in [2.45, 2.75) is 6.92 Å². The maximum Gasteiger partial charge on any atom is 0.412 e. The number of amides is 1. The van der Waals surface area contributed by atoms with Crippen LogP contribution in [0.15, 0.2) is 24.3 Å². The number of carbonyl (C=O) groups excluding carboxylic acids is 1. The van der Waals surface area contributed by atoms with Crippen molar-refractivity contribution in [3.8, 4) is 5.75 Å². The summed E-state index contributed by atoms with van der Waals surface area (Å²) < 4.78 is 23.1. The third kappa shape index (κ3) is 2.90. The van der Waals surface area contributed by atoms with Crippen LogP contribution in [0.1, 0.15) is 6.92 Å². The smallest absolute Gasteiger partial charge is 0.412 e. The van der Waals surface area contributed by atoms with E-state index >= 15 is 0 Å². The van der Waals surface area contributed by atoms with Crippen molar-refractivity contribution in [3.05, 3.63) is 30.1 Å². The molecule has 0 aliphatic rings. The van der Waals surface area contributed by atoms with Crippen molar-refractivity contribution >= 4 is 22.8 Å². The second-order valence-corrected chi connectivity index (χ2v) is 3.72. The third-order valence-corrected chi connectivity index (χ3v) is 2.46. The van der Waals surface area contributed by atoms with Crippen LogP contribution in [0.3, 0.4) is 0 Å². The summed E-state index contributed by atoms with van der Waals surface area (Å²) >= 11 is 0. The average molecular weight is 264 g/mol. The van der Waals surface area contributed by atoms with Crippen LogP contribution in [0.25, 0.3) is 10.9 Å². The van der Waals surface area contributed by atoms with Crippen LogP contribution in [0.2, 0.25) is 0 Å². The van der Waals surface area contributed by atoms with Gasteiger partial charge >= 0.3 is 6.09 Å². The van der Waals surface area contributed by atoms with Crippen LogP contribution in [0.5, 0.6) is 5.75 Å². The molecule has 19 heavy (non-hydrogen) atoms. The monoisotopic (exact) mass is 264 g/mol. The Balaban J connectivity index is 2.42. The van der Waals surface area contributed by atoms with Gasteiger partial charge in [-0.15, -0.1) is 0 Å². The van der Waals surface area contributed by atoms with E-state index in [1.807, 2.05) is 0 Å². The van der Waals surface area contributed by atoms with Crippen LogP contribution in [-0.2, 0) is 4.74 Å². The van der Waals surface area contributed by atoms with Gasteiger partial charge in [-0.1, -0.05) is 0 Å². The summed E-state index contributed by atoms with van der Waals surface area (Å²) in [6.07, 6.45) is -0.599. The van der Waals surface area contributed by atoms with Crippen molar-refractivity contribution in [1.29, 1.82) is 0 Å². The fourth-order valence-corrected chi connectivity index (χ4v) is 1.67. The van der Waals surface area contributed by atoms with Crippen LogP contribution in [0.4, 0.5) is 15.0 Å². The minimum Gasteiger partial charge on any atom is -0.496 e. The molecule has 2 aromatic rings. The molecule has 0 atom stereocenters. The highest BCUT2D eigenvalue weighted by Gasteiger charge is 2.10. The zero-order valence-corrected chi connectivity index (χ0v) is 10.6. The molecule has 1 aromatic heterocycles. The Morgan fingerprint density at radius 2 is 2.21 bits per heavy atom. The molecule has 0 radical (unpaired) electrons. The van der Waals surface area contributed by atoms with Crippen molar-refractivity contribution in [2.75, 3.05) is 19.0 Å². The molecule has 100 valence electrons. The molecule has 0 spiro atoms. The molecule has 0 fully saturated rings. The fourth-order valence-electron chi connectivity index (χ4n) is 1.67. The second-order valence-electron chi connectivity index (χ2n) is 3.72. The van der Waals surface area contributed by atoms with Gasteiger partial charge in [-0.3, -0.25) is 5.32 Å². The SMILES string of the molecule is CCOC(=O)Nc1cc(OC)c2cc(F)ccc2n1. The quantitative estimate of drug-likeness (QED) is 0.925. The van der Waals surface area contributed by atoms with Gasteiger partial charge in [0.25, 0.3) is 0 Å². The predicted octanol–water partition coefficient (Wildman–Crippen LogP) is 2.95. The lowest BCUT2D eigenvalue weighted by molar-refractivity contribution is 0.168.